The molecule has 33 heavy (non-hydrogen) atoms. The van der Waals surface area contributed by atoms with Gasteiger partial charge in [0.15, 0.2) is 15.7 Å². The number of amides is 1. The van der Waals surface area contributed by atoms with Crippen molar-refractivity contribution >= 4 is 34.6 Å². The van der Waals surface area contributed by atoms with Gasteiger partial charge in [0.2, 0.25) is 5.91 Å². The number of H-pyrrole nitrogens is 1. The lowest BCUT2D eigenvalue weighted by atomic mass is 10.1. The van der Waals surface area contributed by atoms with Crippen LogP contribution in [0.1, 0.15) is 16.9 Å². The monoisotopic (exact) mass is 487 g/mol. The Morgan fingerprint density at radius 1 is 1.24 bits per heavy atom. The number of benzene rings is 2. The first kappa shape index (κ1) is 22.7. The molecule has 4 aromatic rings. The number of carbonyl (C=O) groups is 1. The number of rotatable bonds is 8. The molecular weight excluding hydrogens is 468 g/mol. The Labute approximate surface area is 197 Å². The number of nitrogens with one attached hydrogen (secondary N) is 2. The number of hydrogen-bond acceptors (Lipinski definition) is 6. The van der Waals surface area contributed by atoms with Crippen molar-refractivity contribution in [1.29, 1.82) is 0 Å². The van der Waals surface area contributed by atoms with Gasteiger partial charge in [-0.25, -0.2) is 13.8 Å². The highest BCUT2D eigenvalue weighted by Gasteiger charge is 2.13. The predicted molar refractivity (Wildman–Crippen MR) is 124 cm³/mol. The molecule has 0 aliphatic heterocycles. The largest absolute Gasteiger partial charge is 0.497 e. The number of hydrogen-bond donors (Lipinski definition) is 2. The molecule has 4 rings (SSSR count). The van der Waals surface area contributed by atoms with Gasteiger partial charge in [0.1, 0.15) is 17.4 Å². The molecule has 1 amide bonds. The van der Waals surface area contributed by atoms with Gasteiger partial charge in [0, 0.05) is 42.1 Å². The molecule has 2 heterocycles. The van der Waals surface area contributed by atoms with Gasteiger partial charge in [0.25, 0.3) is 0 Å². The van der Waals surface area contributed by atoms with Crippen molar-refractivity contribution in [2.75, 3.05) is 12.4 Å². The van der Waals surface area contributed by atoms with Crippen molar-refractivity contribution in [2.45, 2.75) is 19.4 Å². The van der Waals surface area contributed by atoms with Crippen LogP contribution >= 0.6 is 23.6 Å². The van der Waals surface area contributed by atoms with Gasteiger partial charge in [-0.3, -0.25) is 14.5 Å². The van der Waals surface area contributed by atoms with E-state index in [0.29, 0.717) is 27.8 Å². The van der Waals surface area contributed by atoms with Crippen LogP contribution < -0.4 is 10.1 Å². The van der Waals surface area contributed by atoms with Crippen LogP contribution in [-0.4, -0.2) is 32.8 Å². The van der Waals surface area contributed by atoms with Crippen LogP contribution in [-0.2, 0) is 17.8 Å². The normalized spacial score (nSPS) is 10.9. The SMILES string of the molecule is COc1ccc(-c2n[nH]c(=S)n2CCC(=O)Nc2ncc(Cc3ccc(F)cc3F)s2)cc1. The van der Waals surface area contributed by atoms with Crippen molar-refractivity contribution < 1.29 is 18.3 Å². The average molecular weight is 488 g/mol. The maximum atomic E-state index is 13.9. The van der Waals surface area contributed by atoms with E-state index in [0.717, 1.165) is 22.3 Å². The van der Waals surface area contributed by atoms with E-state index in [-0.39, 0.29) is 18.7 Å². The van der Waals surface area contributed by atoms with Crippen LogP contribution in [0.2, 0.25) is 0 Å². The Balaban J connectivity index is 1.37. The Bertz CT molecular complexity index is 1330. The number of ether oxygens (including phenoxy) is 1. The van der Waals surface area contributed by atoms with Crippen molar-refractivity contribution in [1.82, 2.24) is 19.7 Å². The summed E-state index contributed by atoms with van der Waals surface area (Å²) in [5, 5.41) is 10.2. The summed E-state index contributed by atoms with van der Waals surface area (Å²) < 4.78 is 34.3. The number of aromatic amines is 1. The molecule has 170 valence electrons. The summed E-state index contributed by atoms with van der Waals surface area (Å²) in [6, 6.07) is 10.8. The molecule has 0 fully saturated rings. The first-order valence-electron chi connectivity index (χ1n) is 9.91. The third kappa shape index (κ3) is 5.49. The fraction of sp³-hybridized carbons (Fsp3) is 0.182. The quantitative estimate of drug-likeness (QED) is 0.343. The van der Waals surface area contributed by atoms with E-state index in [2.05, 4.69) is 20.5 Å². The average Bonchev–Trinajstić information content (AvgIpc) is 3.40. The highest BCUT2D eigenvalue weighted by atomic mass is 32.1. The Morgan fingerprint density at radius 3 is 2.76 bits per heavy atom. The fourth-order valence-electron chi connectivity index (χ4n) is 3.18. The van der Waals surface area contributed by atoms with Gasteiger partial charge in [-0.15, -0.1) is 11.3 Å². The molecule has 0 spiro atoms. The van der Waals surface area contributed by atoms with Crippen LogP contribution in [0.4, 0.5) is 13.9 Å². The number of halogens is 2. The van der Waals surface area contributed by atoms with Gasteiger partial charge in [-0.2, -0.15) is 5.10 Å². The molecule has 0 unspecified atom stereocenters. The molecule has 2 N–H and O–H groups in total. The third-order valence-electron chi connectivity index (χ3n) is 4.85. The number of anilines is 1. The van der Waals surface area contributed by atoms with Crippen molar-refractivity contribution in [2.24, 2.45) is 0 Å². The summed E-state index contributed by atoms with van der Waals surface area (Å²) >= 11 is 6.55. The van der Waals surface area contributed by atoms with E-state index >= 15 is 0 Å². The summed E-state index contributed by atoms with van der Waals surface area (Å²) in [6.07, 6.45) is 1.98. The minimum absolute atomic E-state index is 0.151. The number of methoxy groups -OCH3 is 1. The van der Waals surface area contributed by atoms with Crippen LogP contribution in [0.3, 0.4) is 0 Å². The molecule has 0 saturated carbocycles. The Hall–Kier alpha value is -3.44. The second kappa shape index (κ2) is 10.0. The first-order valence-corrected chi connectivity index (χ1v) is 11.1. The maximum Gasteiger partial charge on any atom is 0.227 e. The van der Waals surface area contributed by atoms with Gasteiger partial charge in [-0.1, -0.05) is 6.07 Å². The second-order valence-electron chi connectivity index (χ2n) is 7.07. The predicted octanol–water partition coefficient (Wildman–Crippen LogP) is 4.97. The lowest BCUT2D eigenvalue weighted by molar-refractivity contribution is -0.116. The number of nitrogens with zero attached hydrogens (tertiary/aromatic N) is 3. The molecular formula is C22H19F2N5O2S2. The van der Waals surface area contributed by atoms with Gasteiger partial charge in [-0.05, 0) is 48.1 Å². The molecule has 0 saturated heterocycles. The Kier molecular flexibility index (Phi) is 6.90. The molecule has 0 atom stereocenters. The van der Waals surface area contributed by atoms with Gasteiger partial charge in [0.05, 0.1) is 7.11 Å². The number of aromatic nitrogens is 4. The first-order chi connectivity index (χ1) is 15.9. The zero-order valence-corrected chi connectivity index (χ0v) is 19.1. The van der Waals surface area contributed by atoms with E-state index < -0.39 is 11.6 Å². The summed E-state index contributed by atoms with van der Waals surface area (Å²) in [5.41, 5.74) is 1.19. The van der Waals surface area contributed by atoms with E-state index in [4.69, 9.17) is 17.0 Å². The number of thiazole rings is 1. The van der Waals surface area contributed by atoms with Crippen molar-refractivity contribution in [3.05, 3.63) is 75.5 Å². The van der Waals surface area contributed by atoms with E-state index in [1.807, 2.05) is 24.3 Å². The Morgan fingerprint density at radius 2 is 2.03 bits per heavy atom. The molecule has 2 aromatic heterocycles. The van der Waals surface area contributed by atoms with Crippen LogP contribution in [0.25, 0.3) is 11.4 Å². The van der Waals surface area contributed by atoms with Gasteiger partial charge < -0.3 is 10.1 Å². The van der Waals surface area contributed by atoms with E-state index in [1.165, 1.54) is 23.5 Å². The topological polar surface area (TPSA) is 84.8 Å². The zero-order chi connectivity index (χ0) is 23.4. The number of carbonyl (C=O) groups excluding carboxylic acids is 1. The molecule has 0 aliphatic carbocycles. The molecule has 0 aliphatic rings. The zero-order valence-electron chi connectivity index (χ0n) is 17.5. The second-order valence-corrected chi connectivity index (χ2v) is 8.58. The highest BCUT2D eigenvalue weighted by molar-refractivity contribution is 7.71. The smallest absolute Gasteiger partial charge is 0.227 e. The lowest BCUT2D eigenvalue weighted by Crippen LogP contribution is -2.15. The molecule has 2 aromatic carbocycles. The summed E-state index contributed by atoms with van der Waals surface area (Å²) in [5.74, 6) is -0.135. The highest BCUT2D eigenvalue weighted by Crippen LogP contribution is 2.24. The molecule has 11 heteroatoms. The van der Waals surface area contributed by atoms with Crippen molar-refractivity contribution in [3.8, 4) is 17.1 Å². The molecule has 0 bridgehead atoms. The lowest BCUT2D eigenvalue weighted by Gasteiger charge is -2.07. The summed E-state index contributed by atoms with van der Waals surface area (Å²) in [4.78, 5) is 17.4. The third-order valence-corrected chi connectivity index (χ3v) is 6.07. The minimum Gasteiger partial charge on any atom is -0.497 e. The molecule has 0 radical (unpaired) electrons. The summed E-state index contributed by atoms with van der Waals surface area (Å²) in [7, 11) is 1.59. The maximum absolute atomic E-state index is 13.9. The van der Waals surface area contributed by atoms with Crippen molar-refractivity contribution in [3.63, 3.8) is 0 Å². The van der Waals surface area contributed by atoms with Crippen LogP contribution in [0.15, 0.2) is 48.7 Å². The fourth-order valence-corrected chi connectivity index (χ4v) is 4.26. The van der Waals surface area contributed by atoms with E-state index in [9.17, 15) is 13.6 Å². The van der Waals surface area contributed by atoms with E-state index in [1.54, 1.807) is 17.9 Å². The van der Waals surface area contributed by atoms with Gasteiger partial charge >= 0.3 is 0 Å². The standard InChI is InChI=1S/C22H19F2N5O2S2/c1-31-16-6-3-13(4-7-16)20-27-28-22(32)29(20)9-8-19(30)26-21-25-12-17(33-21)10-14-2-5-15(23)11-18(14)24/h2-7,11-12H,8-10H2,1H3,(H,28,32)(H,25,26,30). The van der Waals surface area contributed by atoms with Crippen LogP contribution in [0.5, 0.6) is 5.75 Å². The molecule has 7 nitrogen and oxygen atoms in total. The minimum atomic E-state index is -0.624. The van der Waals surface area contributed by atoms with Crippen LogP contribution in [0, 0.1) is 16.4 Å². The summed E-state index contributed by atoms with van der Waals surface area (Å²) in [6.45, 7) is 0.321.